The molecule has 0 radical (unpaired) electrons. The van der Waals surface area contributed by atoms with Crippen LogP contribution in [0.15, 0.2) is 29.6 Å². The molecule has 2 N–H and O–H groups in total. The lowest BCUT2D eigenvalue weighted by Crippen LogP contribution is -2.12. The van der Waals surface area contributed by atoms with Crippen molar-refractivity contribution < 1.29 is 4.79 Å². The number of anilines is 1. The van der Waals surface area contributed by atoms with Crippen molar-refractivity contribution in [1.82, 2.24) is 25.6 Å². The van der Waals surface area contributed by atoms with E-state index in [0.717, 1.165) is 11.3 Å². The number of thiazole rings is 1. The van der Waals surface area contributed by atoms with Gasteiger partial charge < -0.3 is 0 Å². The molecule has 0 fully saturated rings. The number of amides is 1. The van der Waals surface area contributed by atoms with Crippen LogP contribution in [0.25, 0.3) is 11.3 Å². The van der Waals surface area contributed by atoms with E-state index in [2.05, 4.69) is 30.9 Å². The van der Waals surface area contributed by atoms with E-state index < -0.39 is 0 Å². The van der Waals surface area contributed by atoms with Crippen LogP contribution in [-0.4, -0.2) is 31.5 Å². The maximum atomic E-state index is 11.9. The van der Waals surface area contributed by atoms with Crippen LogP contribution < -0.4 is 5.32 Å². The van der Waals surface area contributed by atoms with E-state index in [1.54, 1.807) is 0 Å². The van der Waals surface area contributed by atoms with Crippen LogP contribution in [0.4, 0.5) is 5.95 Å². The number of carbonyl (C=O) groups excluding carboxylic acids is 1. The van der Waals surface area contributed by atoms with E-state index in [0.29, 0.717) is 5.01 Å². The SMILES string of the molecule is Cc1ccc(-c2csc(C(=O)Nc3nnn[nH]3)n2)cc1. The highest BCUT2D eigenvalue weighted by Crippen LogP contribution is 2.22. The molecule has 0 aliphatic carbocycles. The van der Waals surface area contributed by atoms with Gasteiger partial charge in [-0.3, -0.25) is 10.1 Å². The van der Waals surface area contributed by atoms with Crippen molar-refractivity contribution in [2.45, 2.75) is 6.92 Å². The van der Waals surface area contributed by atoms with Gasteiger partial charge in [0.25, 0.3) is 5.91 Å². The van der Waals surface area contributed by atoms with Gasteiger partial charge in [-0.05, 0) is 17.4 Å². The summed E-state index contributed by atoms with van der Waals surface area (Å²) in [6, 6.07) is 7.97. The van der Waals surface area contributed by atoms with Crippen LogP contribution >= 0.6 is 11.3 Å². The molecule has 0 saturated carbocycles. The third-order valence-corrected chi connectivity index (χ3v) is 3.46. The fourth-order valence-corrected chi connectivity index (χ4v) is 2.33. The molecule has 0 bridgehead atoms. The number of aromatic amines is 1. The molecule has 3 aromatic rings. The number of rotatable bonds is 3. The standard InChI is InChI=1S/C12H10N6OS/c1-7-2-4-8(5-3-7)9-6-20-11(13-9)10(19)14-12-15-17-18-16-12/h2-6H,1H3,(H2,14,15,16,17,18,19). The van der Waals surface area contributed by atoms with Crippen LogP contribution in [0, 0.1) is 6.92 Å². The van der Waals surface area contributed by atoms with Gasteiger partial charge in [0.05, 0.1) is 5.69 Å². The largest absolute Gasteiger partial charge is 0.287 e. The molecule has 3 rings (SSSR count). The summed E-state index contributed by atoms with van der Waals surface area (Å²) in [6.07, 6.45) is 0. The number of aryl methyl sites for hydroxylation is 1. The van der Waals surface area contributed by atoms with Crippen LogP contribution in [0.2, 0.25) is 0 Å². The van der Waals surface area contributed by atoms with E-state index in [9.17, 15) is 4.79 Å². The summed E-state index contributed by atoms with van der Waals surface area (Å²) in [7, 11) is 0. The van der Waals surface area contributed by atoms with E-state index in [-0.39, 0.29) is 11.9 Å². The zero-order chi connectivity index (χ0) is 13.9. The molecular formula is C12H10N6OS. The first-order valence-corrected chi connectivity index (χ1v) is 6.68. The zero-order valence-corrected chi connectivity index (χ0v) is 11.3. The highest BCUT2D eigenvalue weighted by atomic mass is 32.1. The number of hydrogen-bond donors (Lipinski definition) is 2. The second-order valence-corrected chi connectivity index (χ2v) is 4.97. The highest BCUT2D eigenvalue weighted by Gasteiger charge is 2.13. The summed E-state index contributed by atoms with van der Waals surface area (Å²) < 4.78 is 0. The predicted octanol–water partition coefficient (Wildman–Crippen LogP) is 1.88. The second kappa shape index (κ2) is 5.17. The van der Waals surface area contributed by atoms with E-state index in [4.69, 9.17) is 0 Å². The Bertz CT molecular complexity index is 719. The van der Waals surface area contributed by atoms with Gasteiger partial charge in [-0.1, -0.05) is 34.9 Å². The Balaban J connectivity index is 1.79. The first-order chi connectivity index (χ1) is 9.72. The summed E-state index contributed by atoms with van der Waals surface area (Å²) in [4.78, 5) is 16.2. The first kappa shape index (κ1) is 12.4. The Labute approximate surface area is 118 Å². The van der Waals surface area contributed by atoms with Gasteiger partial charge in [-0.25, -0.2) is 10.1 Å². The molecule has 0 unspecified atom stereocenters. The second-order valence-electron chi connectivity index (χ2n) is 4.11. The Morgan fingerprint density at radius 2 is 2.10 bits per heavy atom. The average molecular weight is 286 g/mol. The molecular weight excluding hydrogens is 276 g/mol. The molecule has 0 aliphatic heterocycles. The maximum absolute atomic E-state index is 11.9. The minimum atomic E-state index is -0.341. The van der Waals surface area contributed by atoms with Crippen molar-refractivity contribution in [3.63, 3.8) is 0 Å². The number of nitrogens with one attached hydrogen (secondary N) is 2. The van der Waals surface area contributed by atoms with Gasteiger partial charge >= 0.3 is 0 Å². The van der Waals surface area contributed by atoms with Crippen LogP contribution in [-0.2, 0) is 0 Å². The molecule has 2 aromatic heterocycles. The van der Waals surface area contributed by atoms with Crippen molar-refractivity contribution in [2.75, 3.05) is 5.32 Å². The molecule has 8 heteroatoms. The van der Waals surface area contributed by atoms with Gasteiger partial charge in [0.1, 0.15) is 0 Å². The van der Waals surface area contributed by atoms with Gasteiger partial charge in [-0.15, -0.1) is 11.3 Å². The van der Waals surface area contributed by atoms with Crippen molar-refractivity contribution in [2.24, 2.45) is 0 Å². The number of benzene rings is 1. The fraction of sp³-hybridized carbons (Fsp3) is 0.0833. The Hall–Kier alpha value is -2.61. The number of hydrogen-bond acceptors (Lipinski definition) is 6. The van der Waals surface area contributed by atoms with Crippen molar-refractivity contribution in [3.8, 4) is 11.3 Å². The minimum Gasteiger partial charge on any atom is -0.287 e. The molecule has 1 aromatic carbocycles. The van der Waals surface area contributed by atoms with Crippen molar-refractivity contribution in [1.29, 1.82) is 0 Å². The van der Waals surface area contributed by atoms with Crippen molar-refractivity contribution in [3.05, 3.63) is 40.2 Å². The maximum Gasteiger partial charge on any atom is 0.287 e. The van der Waals surface area contributed by atoms with E-state index >= 15 is 0 Å². The average Bonchev–Trinajstić information content (AvgIpc) is 3.10. The fourth-order valence-electron chi connectivity index (χ4n) is 1.61. The Morgan fingerprint density at radius 1 is 1.30 bits per heavy atom. The molecule has 7 nitrogen and oxygen atoms in total. The number of aromatic nitrogens is 5. The lowest BCUT2D eigenvalue weighted by molar-refractivity contribution is 0.102. The lowest BCUT2D eigenvalue weighted by atomic mass is 10.1. The monoisotopic (exact) mass is 286 g/mol. The van der Waals surface area contributed by atoms with Crippen LogP contribution in [0.1, 0.15) is 15.4 Å². The molecule has 0 atom stereocenters. The molecule has 0 aliphatic rings. The van der Waals surface area contributed by atoms with Crippen LogP contribution in [0.3, 0.4) is 0 Å². The number of tetrazole rings is 1. The summed E-state index contributed by atoms with van der Waals surface area (Å²) in [5, 5.41) is 17.5. The summed E-state index contributed by atoms with van der Waals surface area (Å²) in [5.74, 6) is -0.144. The van der Waals surface area contributed by atoms with Gasteiger partial charge in [0.15, 0.2) is 5.01 Å². The summed E-state index contributed by atoms with van der Waals surface area (Å²) in [5.41, 5.74) is 2.93. The van der Waals surface area contributed by atoms with E-state index in [1.165, 1.54) is 16.9 Å². The lowest BCUT2D eigenvalue weighted by Gasteiger charge is -1.97. The minimum absolute atomic E-state index is 0.196. The third kappa shape index (κ3) is 2.54. The molecule has 0 spiro atoms. The highest BCUT2D eigenvalue weighted by molar-refractivity contribution is 7.12. The number of H-pyrrole nitrogens is 1. The topological polar surface area (TPSA) is 96.5 Å². The van der Waals surface area contributed by atoms with Gasteiger partial charge in [0, 0.05) is 10.9 Å². The number of nitrogens with zero attached hydrogens (tertiary/aromatic N) is 4. The summed E-state index contributed by atoms with van der Waals surface area (Å²) >= 11 is 1.27. The smallest absolute Gasteiger partial charge is 0.287 e. The normalized spacial score (nSPS) is 10.4. The predicted molar refractivity (Wildman–Crippen MR) is 74.4 cm³/mol. The molecule has 2 heterocycles. The Kier molecular flexibility index (Phi) is 3.21. The quantitative estimate of drug-likeness (QED) is 0.766. The summed E-state index contributed by atoms with van der Waals surface area (Å²) in [6.45, 7) is 2.02. The van der Waals surface area contributed by atoms with E-state index in [1.807, 2.05) is 36.6 Å². The van der Waals surface area contributed by atoms with Crippen molar-refractivity contribution >= 4 is 23.2 Å². The number of carbonyl (C=O) groups is 1. The first-order valence-electron chi connectivity index (χ1n) is 5.80. The third-order valence-electron chi connectivity index (χ3n) is 2.62. The molecule has 1 amide bonds. The molecule has 0 saturated heterocycles. The Morgan fingerprint density at radius 3 is 2.80 bits per heavy atom. The molecule has 20 heavy (non-hydrogen) atoms. The van der Waals surface area contributed by atoms with Gasteiger partial charge in [0.2, 0.25) is 5.95 Å². The van der Waals surface area contributed by atoms with Gasteiger partial charge in [-0.2, -0.15) is 0 Å². The molecule has 100 valence electrons. The van der Waals surface area contributed by atoms with Crippen LogP contribution in [0.5, 0.6) is 0 Å². The zero-order valence-electron chi connectivity index (χ0n) is 10.5.